The van der Waals surface area contributed by atoms with Gasteiger partial charge in [0.1, 0.15) is 0 Å². The summed E-state index contributed by atoms with van der Waals surface area (Å²) in [5.41, 5.74) is 1.36. The zero-order chi connectivity index (χ0) is 14.8. The van der Waals surface area contributed by atoms with Crippen molar-refractivity contribution in [1.82, 2.24) is 9.80 Å². The van der Waals surface area contributed by atoms with Crippen LogP contribution in [0.5, 0.6) is 0 Å². The van der Waals surface area contributed by atoms with E-state index in [2.05, 4.69) is 41.0 Å². The molecule has 3 rings (SSSR count). The molecule has 0 bridgehead atoms. The fourth-order valence-corrected chi connectivity index (χ4v) is 3.88. The van der Waals surface area contributed by atoms with E-state index in [0.29, 0.717) is 6.04 Å². The lowest BCUT2D eigenvalue weighted by atomic mass is 10.0. The van der Waals surface area contributed by atoms with E-state index in [0.717, 1.165) is 39.0 Å². The standard InChI is InChI=1S/C17H24N2O2/c1-13-16(17(20)21)8-10-19(13)15-7-9-18(12-15)11-14-5-3-2-4-6-14/h2-6,13,15-16H,7-12H2,1H3,(H,20,21). The molecule has 0 saturated carbocycles. The number of hydrogen-bond donors (Lipinski definition) is 1. The highest BCUT2D eigenvalue weighted by molar-refractivity contribution is 5.71. The fraction of sp³-hybridized carbons (Fsp3) is 0.588. The van der Waals surface area contributed by atoms with E-state index in [1.807, 2.05) is 6.07 Å². The normalized spacial score (nSPS) is 30.8. The van der Waals surface area contributed by atoms with Crippen LogP contribution >= 0.6 is 0 Å². The Balaban J connectivity index is 1.56. The first kappa shape index (κ1) is 14.5. The zero-order valence-electron chi connectivity index (χ0n) is 12.6. The number of likely N-dealkylation sites (tertiary alicyclic amines) is 2. The number of carboxylic acid groups (broad SMARTS) is 1. The second-order valence-corrected chi connectivity index (χ2v) is 6.38. The van der Waals surface area contributed by atoms with E-state index in [4.69, 9.17) is 0 Å². The van der Waals surface area contributed by atoms with E-state index in [-0.39, 0.29) is 12.0 Å². The minimum absolute atomic E-state index is 0.171. The summed E-state index contributed by atoms with van der Waals surface area (Å²) in [6.07, 6.45) is 1.95. The van der Waals surface area contributed by atoms with Crippen LogP contribution in [0, 0.1) is 5.92 Å². The molecule has 114 valence electrons. The number of benzene rings is 1. The van der Waals surface area contributed by atoms with Gasteiger partial charge in [-0.25, -0.2) is 0 Å². The zero-order valence-corrected chi connectivity index (χ0v) is 12.6. The van der Waals surface area contributed by atoms with Crippen molar-refractivity contribution in [1.29, 1.82) is 0 Å². The van der Waals surface area contributed by atoms with Crippen molar-refractivity contribution in [3.05, 3.63) is 35.9 Å². The summed E-state index contributed by atoms with van der Waals surface area (Å²) in [4.78, 5) is 16.1. The van der Waals surface area contributed by atoms with Gasteiger partial charge in [0.25, 0.3) is 0 Å². The van der Waals surface area contributed by atoms with Gasteiger partial charge in [-0.15, -0.1) is 0 Å². The molecule has 1 aromatic rings. The number of aliphatic carboxylic acids is 1. The van der Waals surface area contributed by atoms with E-state index < -0.39 is 5.97 Å². The Labute approximate surface area is 126 Å². The fourth-order valence-electron chi connectivity index (χ4n) is 3.88. The Hall–Kier alpha value is -1.39. The van der Waals surface area contributed by atoms with Crippen LogP contribution in [0.15, 0.2) is 30.3 Å². The molecular formula is C17H24N2O2. The summed E-state index contributed by atoms with van der Waals surface area (Å²) < 4.78 is 0. The molecule has 0 aliphatic carbocycles. The van der Waals surface area contributed by atoms with Crippen molar-refractivity contribution in [2.75, 3.05) is 19.6 Å². The lowest BCUT2D eigenvalue weighted by Crippen LogP contribution is -2.42. The lowest BCUT2D eigenvalue weighted by Gasteiger charge is -2.29. The summed E-state index contributed by atoms with van der Waals surface area (Å²) in [6.45, 7) is 6.18. The van der Waals surface area contributed by atoms with Crippen LogP contribution in [-0.2, 0) is 11.3 Å². The second kappa shape index (κ2) is 6.16. The van der Waals surface area contributed by atoms with Gasteiger partial charge in [-0.2, -0.15) is 0 Å². The highest BCUT2D eigenvalue weighted by Gasteiger charge is 2.40. The predicted molar refractivity (Wildman–Crippen MR) is 82.0 cm³/mol. The van der Waals surface area contributed by atoms with E-state index >= 15 is 0 Å². The Bertz CT molecular complexity index is 491. The molecule has 2 aliphatic heterocycles. The molecule has 4 heteroatoms. The SMILES string of the molecule is CC1C(C(=O)O)CCN1C1CCN(Cc2ccccc2)C1. The Morgan fingerprint density at radius 2 is 2.00 bits per heavy atom. The number of nitrogens with zero attached hydrogens (tertiary/aromatic N) is 2. The molecule has 2 aliphatic rings. The Morgan fingerprint density at radius 1 is 1.24 bits per heavy atom. The molecule has 1 aromatic carbocycles. The highest BCUT2D eigenvalue weighted by atomic mass is 16.4. The van der Waals surface area contributed by atoms with Crippen molar-refractivity contribution in [3.8, 4) is 0 Å². The Kier molecular flexibility index (Phi) is 4.27. The summed E-state index contributed by atoms with van der Waals surface area (Å²) in [6, 6.07) is 11.3. The quantitative estimate of drug-likeness (QED) is 0.921. The molecule has 2 heterocycles. The molecular weight excluding hydrogens is 264 g/mol. The van der Waals surface area contributed by atoms with Gasteiger partial charge in [-0.05, 0) is 31.9 Å². The third-order valence-corrected chi connectivity index (χ3v) is 5.09. The molecule has 2 fully saturated rings. The first-order valence-corrected chi connectivity index (χ1v) is 7.90. The number of carboxylic acids is 1. The summed E-state index contributed by atoms with van der Waals surface area (Å²) in [7, 11) is 0. The van der Waals surface area contributed by atoms with E-state index in [1.165, 1.54) is 5.56 Å². The highest BCUT2D eigenvalue weighted by Crippen LogP contribution is 2.30. The largest absolute Gasteiger partial charge is 0.481 e. The van der Waals surface area contributed by atoms with Gasteiger partial charge in [-0.1, -0.05) is 30.3 Å². The molecule has 3 unspecified atom stereocenters. The van der Waals surface area contributed by atoms with Crippen molar-refractivity contribution in [3.63, 3.8) is 0 Å². The van der Waals surface area contributed by atoms with Crippen LogP contribution in [0.2, 0.25) is 0 Å². The third kappa shape index (κ3) is 3.11. The summed E-state index contributed by atoms with van der Waals surface area (Å²) >= 11 is 0. The van der Waals surface area contributed by atoms with Crippen LogP contribution in [-0.4, -0.2) is 52.6 Å². The molecule has 2 saturated heterocycles. The van der Waals surface area contributed by atoms with Gasteiger partial charge >= 0.3 is 5.97 Å². The molecule has 0 aromatic heterocycles. The molecule has 21 heavy (non-hydrogen) atoms. The van der Waals surface area contributed by atoms with Gasteiger partial charge in [-0.3, -0.25) is 14.6 Å². The van der Waals surface area contributed by atoms with Gasteiger partial charge in [0.15, 0.2) is 0 Å². The maximum absolute atomic E-state index is 11.2. The number of carbonyl (C=O) groups is 1. The maximum atomic E-state index is 11.2. The minimum Gasteiger partial charge on any atom is -0.481 e. The van der Waals surface area contributed by atoms with Crippen molar-refractivity contribution < 1.29 is 9.90 Å². The summed E-state index contributed by atoms with van der Waals surface area (Å²) in [5, 5.41) is 9.25. The van der Waals surface area contributed by atoms with Gasteiger partial charge in [0, 0.05) is 31.7 Å². The van der Waals surface area contributed by atoms with Gasteiger partial charge in [0.05, 0.1) is 5.92 Å². The van der Waals surface area contributed by atoms with Crippen molar-refractivity contribution >= 4 is 5.97 Å². The molecule has 1 N–H and O–H groups in total. The Morgan fingerprint density at radius 3 is 2.67 bits per heavy atom. The van der Waals surface area contributed by atoms with Crippen LogP contribution in [0.25, 0.3) is 0 Å². The average Bonchev–Trinajstić information content (AvgIpc) is 3.06. The van der Waals surface area contributed by atoms with Crippen LogP contribution < -0.4 is 0 Å². The number of hydrogen-bond acceptors (Lipinski definition) is 3. The average molecular weight is 288 g/mol. The first-order chi connectivity index (χ1) is 10.1. The third-order valence-electron chi connectivity index (χ3n) is 5.09. The van der Waals surface area contributed by atoms with E-state index in [1.54, 1.807) is 0 Å². The number of rotatable bonds is 4. The second-order valence-electron chi connectivity index (χ2n) is 6.38. The summed E-state index contributed by atoms with van der Waals surface area (Å²) in [5.74, 6) is -0.822. The monoisotopic (exact) mass is 288 g/mol. The van der Waals surface area contributed by atoms with Gasteiger partial charge in [0.2, 0.25) is 0 Å². The predicted octanol–water partition coefficient (Wildman–Crippen LogP) is 2.06. The van der Waals surface area contributed by atoms with Crippen LogP contribution in [0.4, 0.5) is 0 Å². The molecule has 3 atom stereocenters. The smallest absolute Gasteiger partial charge is 0.308 e. The van der Waals surface area contributed by atoms with Crippen LogP contribution in [0.1, 0.15) is 25.3 Å². The van der Waals surface area contributed by atoms with Crippen molar-refractivity contribution in [2.24, 2.45) is 5.92 Å². The van der Waals surface area contributed by atoms with Crippen LogP contribution in [0.3, 0.4) is 0 Å². The molecule has 4 nitrogen and oxygen atoms in total. The molecule has 0 spiro atoms. The maximum Gasteiger partial charge on any atom is 0.308 e. The van der Waals surface area contributed by atoms with Crippen molar-refractivity contribution in [2.45, 2.75) is 38.4 Å². The first-order valence-electron chi connectivity index (χ1n) is 7.90. The lowest BCUT2D eigenvalue weighted by molar-refractivity contribution is -0.142. The van der Waals surface area contributed by atoms with Gasteiger partial charge < -0.3 is 5.11 Å². The minimum atomic E-state index is -0.635. The molecule has 0 amide bonds. The molecule has 0 radical (unpaired) electrons. The topological polar surface area (TPSA) is 43.8 Å². The van der Waals surface area contributed by atoms with E-state index in [9.17, 15) is 9.90 Å².